The lowest BCUT2D eigenvalue weighted by molar-refractivity contribution is 0.313. The molecule has 5 rings (SSSR count). The van der Waals surface area contributed by atoms with Gasteiger partial charge in [-0.2, -0.15) is 4.98 Å². The topological polar surface area (TPSA) is 106 Å². The van der Waals surface area contributed by atoms with Crippen molar-refractivity contribution in [1.82, 2.24) is 34.0 Å². The lowest BCUT2D eigenvalue weighted by Gasteiger charge is -2.34. The molecule has 4 aromatic rings. The number of nitrogens with zero attached hydrogens (tertiary/aromatic N) is 8. The Kier molecular flexibility index (Phi) is 6.56. The van der Waals surface area contributed by atoms with E-state index in [-0.39, 0.29) is 17.2 Å². The van der Waals surface area contributed by atoms with E-state index < -0.39 is 5.54 Å². The highest BCUT2D eigenvalue weighted by molar-refractivity contribution is 5.77. The molecule has 1 saturated heterocycles. The van der Waals surface area contributed by atoms with Gasteiger partial charge in [-0.1, -0.05) is 0 Å². The fourth-order valence-electron chi connectivity index (χ4n) is 4.69. The van der Waals surface area contributed by atoms with E-state index in [4.69, 9.17) is 4.98 Å². The predicted octanol–water partition coefficient (Wildman–Crippen LogP) is 2.97. The molecule has 4 heterocycles. The van der Waals surface area contributed by atoms with Crippen molar-refractivity contribution < 1.29 is 0 Å². The predicted molar refractivity (Wildman–Crippen MR) is 150 cm³/mol. The molecule has 200 valence electrons. The van der Waals surface area contributed by atoms with Crippen LogP contribution in [-0.4, -0.2) is 67.2 Å². The second-order valence-electron chi connectivity index (χ2n) is 11.1. The van der Waals surface area contributed by atoms with Crippen LogP contribution >= 0.6 is 0 Å². The van der Waals surface area contributed by atoms with E-state index >= 15 is 0 Å². The van der Waals surface area contributed by atoms with Crippen molar-refractivity contribution in [2.45, 2.75) is 46.2 Å². The minimum atomic E-state index is -0.531. The van der Waals surface area contributed by atoms with Gasteiger partial charge in [-0.25, -0.2) is 19.0 Å². The van der Waals surface area contributed by atoms with Crippen LogP contribution in [0.3, 0.4) is 0 Å². The van der Waals surface area contributed by atoms with Crippen LogP contribution in [-0.2, 0) is 5.54 Å². The molecule has 11 nitrogen and oxygen atoms in total. The molecule has 0 atom stereocenters. The number of benzene rings is 1. The van der Waals surface area contributed by atoms with Crippen LogP contribution in [0.15, 0.2) is 52.2 Å². The summed E-state index contributed by atoms with van der Waals surface area (Å²) >= 11 is 0. The summed E-state index contributed by atoms with van der Waals surface area (Å²) in [5.74, 6) is 0.796. The van der Waals surface area contributed by atoms with E-state index in [0.29, 0.717) is 22.8 Å². The standard InChI is InChI=1S/C27H35N9O2/c1-18(2)34-25(38)21-17-28-26(29-19-7-9-20(10-8-19)33-15-13-32(6)14-16-33)30-24(21)35(34)22-11-12-23(37)36(31-22)27(3,4)5/h7-12,17-18H,13-16H2,1-6H3,(H,28,29,30). The van der Waals surface area contributed by atoms with Gasteiger partial charge >= 0.3 is 0 Å². The van der Waals surface area contributed by atoms with Crippen LogP contribution in [0.4, 0.5) is 17.3 Å². The highest BCUT2D eigenvalue weighted by atomic mass is 16.1. The van der Waals surface area contributed by atoms with Crippen molar-refractivity contribution in [2.24, 2.45) is 0 Å². The molecule has 0 bridgehead atoms. The first-order valence-corrected chi connectivity index (χ1v) is 12.9. The number of fused-ring (bicyclic) bond motifs is 1. The summed E-state index contributed by atoms with van der Waals surface area (Å²) in [4.78, 5) is 39.7. The van der Waals surface area contributed by atoms with Gasteiger partial charge in [0, 0.05) is 55.9 Å². The van der Waals surface area contributed by atoms with E-state index in [0.717, 1.165) is 31.9 Å². The minimum absolute atomic E-state index is 0.174. The lowest BCUT2D eigenvalue weighted by Crippen LogP contribution is -2.44. The van der Waals surface area contributed by atoms with Crippen LogP contribution in [0.1, 0.15) is 40.7 Å². The van der Waals surface area contributed by atoms with Gasteiger partial charge in [0.15, 0.2) is 11.5 Å². The minimum Gasteiger partial charge on any atom is -0.369 e. The zero-order valence-corrected chi connectivity index (χ0v) is 22.8. The molecule has 1 aliphatic heterocycles. The quantitative estimate of drug-likeness (QED) is 0.431. The van der Waals surface area contributed by atoms with Gasteiger partial charge in [0.1, 0.15) is 5.39 Å². The Morgan fingerprint density at radius 1 is 0.947 bits per heavy atom. The Morgan fingerprint density at radius 2 is 1.63 bits per heavy atom. The summed E-state index contributed by atoms with van der Waals surface area (Å²) in [6.45, 7) is 13.7. The SMILES string of the molecule is CC(C)n1c(=O)c2cnc(Nc3ccc(N4CCN(C)CC4)cc3)nc2n1-c1ccc(=O)n(C(C)(C)C)n1. The van der Waals surface area contributed by atoms with Crippen molar-refractivity contribution in [3.8, 4) is 5.82 Å². The number of hydrogen-bond acceptors (Lipinski definition) is 8. The third kappa shape index (κ3) is 4.81. The van der Waals surface area contributed by atoms with Crippen molar-refractivity contribution in [3.05, 3.63) is 63.3 Å². The summed E-state index contributed by atoms with van der Waals surface area (Å²) in [6, 6.07) is 11.1. The van der Waals surface area contributed by atoms with Gasteiger partial charge in [-0.3, -0.25) is 9.59 Å². The van der Waals surface area contributed by atoms with E-state index in [2.05, 4.69) is 44.4 Å². The summed E-state index contributed by atoms with van der Waals surface area (Å²) in [6.07, 6.45) is 1.54. The van der Waals surface area contributed by atoms with Gasteiger partial charge in [0.2, 0.25) is 5.95 Å². The molecular weight excluding hydrogens is 482 g/mol. The molecule has 0 unspecified atom stereocenters. The van der Waals surface area contributed by atoms with E-state index in [1.54, 1.807) is 21.6 Å². The lowest BCUT2D eigenvalue weighted by atomic mass is 10.1. The monoisotopic (exact) mass is 517 g/mol. The van der Waals surface area contributed by atoms with Crippen molar-refractivity contribution >= 4 is 28.4 Å². The Morgan fingerprint density at radius 3 is 2.26 bits per heavy atom. The van der Waals surface area contributed by atoms with Crippen molar-refractivity contribution in [3.63, 3.8) is 0 Å². The number of hydrogen-bond donors (Lipinski definition) is 1. The van der Waals surface area contributed by atoms with Crippen LogP contribution in [0, 0.1) is 0 Å². The second kappa shape index (κ2) is 9.71. The molecule has 1 fully saturated rings. The Bertz CT molecular complexity index is 1570. The van der Waals surface area contributed by atoms with Crippen molar-refractivity contribution in [2.75, 3.05) is 43.4 Å². The fourth-order valence-corrected chi connectivity index (χ4v) is 4.69. The van der Waals surface area contributed by atoms with Gasteiger partial charge in [0.25, 0.3) is 11.1 Å². The number of piperazine rings is 1. The third-order valence-corrected chi connectivity index (χ3v) is 6.74. The molecule has 0 amide bonds. The molecule has 1 aromatic carbocycles. The highest BCUT2D eigenvalue weighted by Gasteiger charge is 2.23. The molecule has 1 aliphatic rings. The first-order valence-electron chi connectivity index (χ1n) is 12.9. The van der Waals surface area contributed by atoms with Gasteiger partial charge in [0.05, 0.1) is 5.54 Å². The molecular formula is C27H35N9O2. The zero-order chi connectivity index (χ0) is 27.2. The smallest absolute Gasteiger partial charge is 0.278 e. The number of likely N-dealkylation sites (N-methyl/N-ethyl adjacent to an activating group) is 1. The molecule has 0 saturated carbocycles. The average Bonchev–Trinajstić information content (AvgIpc) is 3.16. The number of anilines is 3. The Hall–Kier alpha value is -3.99. The Labute approximate surface area is 221 Å². The van der Waals surface area contributed by atoms with Gasteiger partial charge in [-0.15, -0.1) is 5.10 Å². The normalized spacial score (nSPS) is 15.0. The number of nitrogens with one attached hydrogen (secondary N) is 1. The second-order valence-corrected chi connectivity index (χ2v) is 11.1. The summed E-state index contributed by atoms with van der Waals surface area (Å²) < 4.78 is 4.69. The summed E-state index contributed by atoms with van der Waals surface area (Å²) in [5, 5.41) is 8.26. The van der Waals surface area contributed by atoms with Crippen LogP contribution in [0.2, 0.25) is 0 Å². The van der Waals surface area contributed by atoms with Crippen LogP contribution in [0.25, 0.3) is 16.9 Å². The number of rotatable bonds is 5. The Balaban J connectivity index is 1.53. The molecule has 1 N–H and O–H groups in total. The maximum Gasteiger partial charge on any atom is 0.278 e. The third-order valence-electron chi connectivity index (χ3n) is 6.74. The molecule has 38 heavy (non-hydrogen) atoms. The molecule has 0 aliphatic carbocycles. The van der Waals surface area contributed by atoms with Crippen LogP contribution < -0.4 is 21.3 Å². The van der Waals surface area contributed by atoms with Gasteiger partial charge < -0.3 is 15.1 Å². The summed E-state index contributed by atoms with van der Waals surface area (Å²) in [5.41, 5.74) is 1.49. The first-order chi connectivity index (χ1) is 18.0. The van der Waals surface area contributed by atoms with Crippen molar-refractivity contribution in [1.29, 1.82) is 0 Å². The van der Waals surface area contributed by atoms with E-state index in [1.807, 2.05) is 46.8 Å². The number of aromatic nitrogens is 6. The average molecular weight is 518 g/mol. The molecule has 11 heteroatoms. The first kappa shape index (κ1) is 25.7. The largest absolute Gasteiger partial charge is 0.369 e. The molecule has 0 radical (unpaired) electrons. The van der Waals surface area contributed by atoms with Crippen LogP contribution in [0.5, 0.6) is 0 Å². The maximum absolute atomic E-state index is 13.3. The maximum atomic E-state index is 13.3. The van der Waals surface area contributed by atoms with E-state index in [1.165, 1.54) is 16.4 Å². The fraction of sp³-hybridized carbons (Fsp3) is 0.444. The van der Waals surface area contributed by atoms with Gasteiger partial charge in [-0.05, 0) is 72.0 Å². The zero-order valence-electron chi connectivity index (χ0n) is 22.8. The highest BCUT2D eigenvalue weighted by Crippen LogP contribution is 2.23. The summed E-state index contributed by atoms with van der Waals surface area (Å²) in [7, 11) is 2.15. The molecule has 0 spiro atoms. The molecule has 3 aromatic heterocycles. The van der Waals surface area contributed by atoms with E-state index in [9.17, 15) is 9.59 Å².